The van der Waals surface area contributed by atoms with Gasteiger partial charge in [-0.3, -0.25) is 9.59 Å². The lowest BCUT2D eigenvalue weighted by Crippen LogP contribution is -2.44. The highest BCUT2D eigenvalue weighted by atomic mass is 16.4. The molecule has 1 N–H and O–H groups in total. The Bertz CT molecular complexity index is 318. The molecule has 1 saturated carbocycles. The van der Waals surface area contributed by atoms with Crippen molar-refractivity contribution >= 4 is 11.9 Å². The van der Waals surface area contributed by atoms with Crippen LogP contribution in [-0.2, 0) is 9.59 Å². The molecule has 0 bridgehead atoms. The van der Waals surface area contributed by atoms with Gasteiger partial charge in [0.15, 0.2) is 0 Å². The van der Waals surface area contributed by atoms with Crippen LogP contribution in [0.15, 0.2) is 0 Å². The molecule has 1 amide bonds. The lowest BCUT2D eigenvalue weighted by molar-refractivity contribution is -0.147. The highest BCUT2D eigenvalue weighted by Crippen LogP contribution is 2.29. The van der Waals surface area contributed by atoms with Crippen molar-refractivity contribution in [3.8, 4) is 0 Å². The molecule has 0 saturated heterocycles. The quantitative estimate of drug-likeness (QED) is 0.790. The summed E-state index contributed by atoms with van der Waals surface area (Å²) in [6.07, 6.45) is 4.06. The summed E-state index contributed by atoms with van der Waals surface area (Å²) in [6.45, 7) is 3.17. The number of aliphatic carboxylic acids is 1. The Balaban J connectivity index is 2.61. The van der Waals surface area contributed by atoms with Crippen LogP contribution in [0.4, 0.5) is 0 Å². The first kappa shape index (κ1) is 16.0. The maximum absolute atomic E-state index is 12.4. The molecule has 19 heavy (non-hydrogen) atoms. The maximum atomic E-state index is 12.4. The van der Waals surface area contributed by atoms with E-state index in [9.17, 15) is 9.59 Å². The average molecular weight is 270 g/mol. The Morgan fingerprint density at radius 3 is 2.42 bits per heavy atom. The van der Waals surface area contributed by atoms with E-state index in [0.717, 1.165) is 19.3 Å². The number of nitrogens with zero attached hydrogens (tertiary/aromatic N) is 2. The van der Waals surface area contributed by atoms with Gasteiger partial charge in [0.05, 0.1) is 0 Å². The Kier molecular flexibility index (Phi) is 6.28. The van der Waals surface area contributed by atoms with Gasteiger partial charge in [0.25, 0.3) is 0 Å². The molecule has 0 aromatic carbocycles. The number of hydrogen-bond acceptors (Lipinski definition) is 3. The largest absolute Gasteiger partial charge is 0.480 e. The lowest BCUT2D eigenvalue weighted by atomic mass is 9.81. The fourth-order valence-electron chi connectivity index (χ4n) is 2.67. The highest BCUT2D eigenvalue weighted by Gasteiger charge is 2.29. The topological polar surface area (TPSA) is 60.9 Å². The second kappa shape index (κ2) is 7.48. The van der Waals surface area contributed by atoms with Crippen molar-refractivity contribution in [3.05, 3.63) is 0 Å². The van der Waals surface area contributed by atoms with Gasteiger partial charge in [-0.05, 0) is 32.9 Å². The molecule has 0 spiro atoms. The molecule has 0 aromatic rings. The van der Waals surface area contributed by atoms with Crippen LogP contribution in [0.25, 0.3) is 0 Å². The highest BCUT2D eigenvalue weighted by molar-refractivity contribution is 5.83. The van der Waals surface area contributed by atoms with Crippen LogP contribution in [0.3, 0.4) is 0 Å². The molecular formula is C14H26N2O3. The molecule has 0 aliphatic heterocycles. The van der Waals surface area contributed by atoms with E-state index in [1.807, 2.05) is 19.0 Å². The van der Waals surface area contributed by atoms with Gasteiger partial charge in [-0.1, -0.05) is 19.8 Å². The van der Waals surface area contributed by atoms with Crippen LogP contribution >= 0.6 is 0 Å². The number of hydrogen-bond donors (Lipinski definition) is 1. The zero-order valence-corrected chi connectivity index (χ0v) is 12.3. The Morgan fingerprint density at radius 2 is 1.89 bits per heavy atom. The van der Waals surface area contributed by atoms with Crippen LogP contribution in [0.1, 0.15) is 32.6 Å². The van der Waals surface area contributed by atoms with Crippen molar-refractivity contribution in [2.24, 2.45) is 11.8 Å². The summed E-state index contributed by atoms with van der Waals surface area (Å²) in [5, 5.41) is 8.94. The molecule has 1 aliphatic carbocycles. The third-order valence-electron chi connectivity index (χ3n) is 3.74. The minimum atomic E-state index is -0.934. The summed E-state index contributed by atoms with van der Waals surface area (Å²) in [5.74, 6) is -0.319. The van der Waals surface area contributed by atoms with Gasteiger partial charge in [-0.2, -0.15) is 0 Å². The van der Waals surface area contributed by atoms with Gasteiger partial charge in [0, 0.05) is 19.0 Å². The first-order chi connectivity index (χ1) is 8.90. The van der Waals surface area contributed by atoms with Gasteiger partial charge in [0.1, 0.15) is 6.54 Å². The van der Waals surface area contributed by atoms with E-state index in [1.54, 1.807) is 0 Å². The second-order valence-electron chi connectivity index (χ2n) is 5.93. The number of carboxylic acids is 1. The normalized spacial score (nSPS) is 23.4. The molecule has 5 heteroatoms. The molecule has 0 unspecified atom stereocenters. The van der Waals surface area contributed by atoms with E-state index in [4.69, 9.17) is 5.11 Å². The maximum Gasteiger partial charge on any atom is 0.323 e. The first-order valence-corrected chi connectivity index (χ1v) is 7.05. The predicted octanol–water partition coefficient (Wildman–Crippen LogP) is 1.29. The summed E-state index contributed by atoms with van der Waals surface area (Å²) in [7, 11) is 3.85. The summed E-state index contributed by atoms with van der Waals surface area (Å²) < 4.78 is 0. The summed E-state index contributed by atoms with van der Waals surface area (Å²) >= 11 is 0. The third-order valence-corrected chi connectivity index (χ3v) is 3.74. The van der Waals surface area contributed by atoms with Crippen molar-refractivity contribution in [2.45, 2.75) is 32.6 Å². The second-order valence-corrected chi connectivity index (χ2v) is 5.93. The van der Waals surface area contributed by atoms with Crippen LogP contribution < -0.4 is 0 Å². The van der Waals surface area contributed by atoms with Crippen molar-refractivity contribution in [2.75, 3.05) is 33.7 Å². The molecule has 1 fully saturated rings. The third kappa shape index (κ3) is 5.59. The van der Waals surface area contributed by atoms with Gasteiger partial charge in [0.2, 0.25) is 5.91 Å². The average Bonchev–Trinajstić information content (AvgIpc) is 2.33. The summed E-state index contributed by atoms with van der Waals surface area (Å²) in [6, 6.07) is 0. The van der Waals surface area contributed by atoms with E-state index < -0.39 is 5.97 Å². The molecular weight excluding hydrogens is 244 g/mol. The van der Waals surface area contributed by atoms with Crippen molar-refractivity contribution in [1.29, 1.82) is 0 Å². The molecule has 0 aromatic heterocycles. The van der Waals surface area contributed by atoms with Crippen LogP contribution in [0.5, 0.6) is 0 Å². The number of amides is 1. The summed E-state index contributed by atoms with van der Waals surface area (Å²) in [5.41, 5.74) is 0. The minimum absolute atomic E-state index is 0.0188. The Hall–Kier alpha value is -1.10. The van der Waals surface area contributed by atoms with E-state index in [1.165, 1.54) is 11.3 Å². The van der Waals surface area contributed by atoms with Gasteiger partial charge >= 0.3 is 5.97 Å². The SMILES string of the molecule is C[C@H]1CCC[C@H](C(=O)N(CCN(C)C)CC(=O)O)C1. The number of rotatable bonds is 6. The number of carbonyl (C=O) groups excluding carboxylic acids is 1. The fourth-order valence-corrected chi connectivity index (χ4v) is 2.67. The van der Waals surface area contributed by atoms with Crippen LogP contribution in [0.2, 0.25) is 0 Å². The van der Waals surface area contributed by atoms with Gasteiger partial charge in [-0.15, -0.1) is 0 Å². The first-order valence-electron chi connectivity index (χ1n) is 7.05. The molecule has 5 nitrogen and oxygen atoms in total. The van der Waals surface area contributed by atoms with Gasteiger partial charge in [-0.25, -0.2) is 0 Å². The van der Waals surface area contributed by atoms with Crippen LogP contribution in [0, 0.1) is 11.8 Å². The smallest absolute Gasteiger partial charge is 0.323 e. The number of likely N-dealkylation sites (N-methyl/N-ethyl adjacent to an activating group) is 1. The van der Waals surface area contributed by atoms with Crippen molar-refractivity contribution in [1.82, 2.24) is 9.80 Å². The van der Waals surface area contributed by atoms with Crippen molar-refractivity contribution in [3.63, 3.8) is 0 Å². The fraction of sp³-hybridized carbons (Fsp3) is 0.857. The van der Waals surface area contributed by atoms with E-state index in [2.05, 4.69) is 6.92 Å². The minimum Gasteiger partial charge on any atom is -0.480 e. The molecule has 0 heterocycles. The molecule has 1 rings (SSSR count). The zero-order valence-electron chi connectivity index (χ0n) is 12.3. The standard InChI is InChI=1S/C14H26N2O3/c1-11-5-4-6-12(9-11)14(19)16(10-13(17)18)8-7-15(2)3/h11-12H,4-10H2,1-3H3,(H,17,18)/t11-,12-/m0/s1. The molecule has 1 aliphatic rings. The predicted molar refractivity (Wildman–Crippen MR) is 73.9 cm³/mol. The molecule has 2 atom stereocenters. The molecule has 0 radical (unpaired) electrons. The Labute approximate surface area is 115 Å². The zero-order chi connectivity index (χ0) is 14.4. The summed E-state index contributed by atoms with van der Waals surface area (Å²) in [4.78, 5) is 26.8. The van der Waals surface area contributed by atoms with Gasteiger partial charge < -0.3 is 14.9 Å². The Morgan fingerprint density at radius 1 is 1.21 bits per heavy atom. The molecule has 110 valence electrons. The van der Waals surface area contributed by atoms with Crippen molar-refractivity contribution < 1.29 is 14.7 Å². The number of carboxylic acid groups (broad SMARTS) is 1. The van der Waals surface area contributed by atoms with E-state index >= 15 is 0 Å². The lowest BCUT2D eigenvalue weighted by Gasteiger charge is -2.31. The van der Waals surface area contributed by atoms with Crippen LogP contribution in [-0.4, -0.2) is 60.5 Å². The monoisotopic (exact) mass is 270 g/mol. The van der Waals surface area contributed by atoms with E-state index in [0.29, 0.717) is 19.0 Å². The number of carbonyl (C=O) groups is 2. The van der Waals surface area contributed by atoms with E-state index in [-0.39, 0.29) is 18.4 Å².